The van der Waals surface area contributed by atoms with Gasteiger partial charge in [-0.2, -0.15) is 0 Å². The molecule has 0 saturated heterocycles. The highest BCUT2D eigenvalue weighted by atomic mass is 16.6. The molecule has 0 spiro atoms. The van der Waals surface area contributed by atoms with Crippen molar-refractivity contribution in [2.24, 2.45) is 4.99 Å². The lowest BCUT2D eigenvalue weighted by molar-refractivity contribution is -0.384. The number of rotatable bonds is 4. The van der Waals surface area contributed by atoms with Crippen molar-refractivity contribution in [3.05, 3.63) is 94.5 Å². The maximum Gasteiger partial charge on any atom is 0.270 e. The molecule has 5 rings (SSSR count). The van der Waals surface area contributed by atoms with Gasteiger partial charge in [0, 0.05) is 35.5 Å². The summed E-state index contributed by atoms with van der Waals surface area (Å²) in [6.07, 6.45) is 1.38. The number of nitro groups is 1. The second-order valence-electron chi connectivity index (χ2n) is 6.99. The van der Waals surface area contributed by atoms with E-state index in [1.807, 2.05) is 36.4 Å². The SMILES string of the molecule is O=[N+]([O-])c1ccc(O)c(C=Nc2ccc3nc(-c4ccc5ccccc5c4)oc3c2)c1. The molecule has 0 aliphatic carbocycles. The Morgan fingerprint density at radius 1 is 0.968 bits per heavy atom. The molecule has 7 heteroatoms. The van der Waals surface area contributed by atoms with Gasteiger partial charge < -0.3 is 9.52 Å². The molecule has 0 bridgehead atoms. The third-order valence-electron chi connectivity index (χ3n) is 4.94. The van der Waals surface area contributed by atoms with Crippen molar-refractivity contribution in [2.75, 3.05) is 0 Å². The summed E-state index contributed by atoms with van der Waals surface area (Å²) in [5, 5.41) is 23.1. The van der Waals surface area contributed by atoms with Gasteiger partial charge in [-0.1, -0.05) is 30.3 Å². The Morgan fingerprint density at radius 3 is 2.65 bits per heavy atom. The van der Waals surface area contributed by atoms with Crippen molar-refractivity contribution < 1.29 is 14.4 Å². The van der Waals surface area contributed by atoms with E-state index in [1.165, 1.54) is 24.4 Å². The fourth-order valence-corrected chi connectivity index (χ4v) is 3.34. The molecule has 4 aromatic carbocycles. The number of nitro benzene ring substituents is 1. The first-order valence-corrected chi connectivity index (χ1v) is 9.48. The van der Waals surface area contributed by atoms with E-state index in [4.69, 9.17) is 4.42 Å². The summed E-state index contributed by atoms with van der Waals surface area (Å²) in [6.45, 7) is 0. The molecule has 0 saturated carbocycles. The minimum Gasteiger partial charge on any atom is -0.507 e. The highest BCUT2D eigenvalue weighted by Crippen LogP contribution is 2.29. The van der Waals surface area contributed by atoms with Gasteiger partial charge in [0.2, 0.25) is 5.89 Å². The topological polar surface area (TPSA) is 102 Å². The molecule has 0 aliphatic heterocycles. The third kappa shape index (κ3) is 3.60. The third-order valence-corrected chi connectivity index (χ3v) is 4.94. The van der Waals surface area contributed by atoms with Crippen molar-refractivity contribution in [2.45, 2.75) is 0 Å². The Kier molecular flexibility index (Phi) is 4.41. The normalized spacial score (nSPS) is 11.5. The van der Waals surface area contributed by atoms with Crippen LogP contribution in [0.1, 0.15) is 5.56 Å². The molecule has 0 fully saturated rings. The molecule has 1 heterocycles. The Labute approximate surface area is 176 Å². The molecule has 7 nitrogen and oxygen atoms in total. The number of aromatic hydroxyl groups is 1. The highest BCUT2D eigenvalue weighted by Gasteiger charge is 2.11. The van der Waals surface area contributed by atoms with Crippen LogP contribution in [0.3, 0.4) is 0 Å². The standard InChI is InChI=1S/C24H15N3O4/c28-22-10-8-20(27(29)30)12-18(22)14-25-19-7-9-21-23(13-19)31-24(26-21)17-6-5-15-3-1-2-4-16(15)11-17/h1-14,28H. The smallest absolute Gasteiger partial charge is 0.270 e. The van der Waals surface area contributed by atoms with E-state index in [1.54, 1.807) is 18.2 Å². The van der Waals surface area contributed by atoms with Crippen molar-refractivity contribution in [1.82, 2.24) is 4.98 Å². The average Bonchev–Trinajstić information content (AvgIpc) is 3.21. The van der Waals surface area contributed by atoms with Crippen LogP contribution in [-0.2, 0) is 0 Å². The summed E-state index contributed by atoms with van der Waals surface area (Å²) in [5.41, 5.74) is 2.84. The van der Waals surface area contributed by atoms with Gasteiger partial charge in [0.25, 0.3) is 5.69 Å². The average molecular weight is 409 g/mol. The minimum absolute atomic E-state index is 0.0892. The number of phenols is 1. The summed E-state index contributed by atoms with van der Waals surface area (Å²) in [4.78, 5) is 19.3. The summed E-state index contributed by atoms with van der Waals surface area (Å²) >= 11 is 0. The zero-order valence-electron chi connectivity index (χ0n) is 16.1. The zero-order chi connectivity index (χ0) is 21.4. The number of oxazole rings is 1. The molecule has 1 N–H and O–H groups in total. The van der Waals surface area contributed by atoms with Crippen molar-refractivity contribution >= 4 is 39.5 Å². The molecule has 150 valence electrons. The van der Waals surface area contributed by atoms with E-state index < -0.39 is 4.92 Å². The number of hydrogen-bond acceptors (Lipinski definition) is 6. The van der Waals surface area contributed by atoms with E-state index in [0.29, 0.717) is 22.7 Å². The van der Waals surface area contributed by atoms with E-state index in [9.17, 15) is 15.2 Å². The number of phenolic OH excluding ortho intramolecular Hbond substituents is 1. The first-order valence-electron chi connectivity index (χ1n) is 9.48. The maximum absolute atomic E-state index is 10.9. The Balaban J connectivity index is 1.47. The summed E-state index contributed by atoms with van der Waals surface area (Å²) in [7, 11) is 0. The number of nitrogens with zero attached hydrogens (tertiary/aromatic N) is 3. The van der Waals surface area contributed by atoms with Gasteiger partial charge in [-0.05, 0) is 41.1 Å². The molecule has 0 atom stereocenters. The number of fused-ring (bicyclic) bond motifs is 2. The number of benzene rings is 4. The fourth-order valence-electron chi connectivity index (χ4n) is 3.34. The molecule has 1 aromatic heterocycles. The molecular weight excluding hydrogens is 394 g/mol. The fraction of sp³-hybridized carbons (Fsp3) is 0. The van der Waals surface area contributed by atoms with Crippen LogP contribution in [0.25, 0.3) is 33.3 Å². The van der Waals surface area contributed by atoms with Gasteiger partial charge in [0.05, 0.1) is 10.6 Å². The first kappa shape index (κ1) is 18.5. The number of aromatic nitrogens is 1. The largest absolute Gasteiger partial charge is 0.507 e. The van der Waals surface area contributed by atoms with Crippen LogP contribution in [0, 0.1) is 10.1 Å². The minimum atomic E-state index is -0.522. The Morgan fingerprint density at radius 2 is 1.81 bits per heavy atom. The Hall–Kier alpha value is -4.52. The molecular formula is C24H15N3O4. The van der Waals surface area contributed by atoms with Crippen LogP contribution in [0.5, 0.6) is 5.75 Å². The molecule has 5 aromatic rings. The van der Waals surface area contributed by atoms with Crippen LogP contribution in [-0.4, -0.2) is 21.2 Å². The van der Waals surface area contributed by atoms with E-state index in [-0.39, 0.29) is 17.0 Å². The molecule has 0 unspecified atom stereocenters. The van der Waals surface area contributed by atoms with Gasteiger partial charge in [-0.3, -0.25) is 15.1 Å². The summed E-state index contributed by atoms with van der Waals surface area (Å²) in [5.74, 6) is 0.423. The Bertz CT molecular complexity index is 1490. The molecule has 0 radical (unpaired) electrons. The van der Waals surface area contributed by atoms with Crippen LogP contribution in [0.2, 0.25) is 0 Å². The first-order chi connectivity index (χ1) is 15.1. The lowest BCUT2D eigenvalue weighted by Gasteiger charge is -1.99. The number of non-ortho nitro benzene ring substituents is 1. The monoisotopic (exact) mass is 409 g/mol. The van der Waals surface area contributed by atoms with Gasteiger partial charge in [-0.25, -0.2) is 4.98 Å². The van der Waals surface area contributed by atoms with Crippen molar-refractivity contribution in [1.29, 1.82) is 0 Å². The highest BCUT2D eigenvalue weighted by molar-refractivity contribution is 5.89. The predicted octanol–water partition coefficient (Wildman–Crippen LogP) is 6.01. The lowest BCUT2D eigenvalue weighted by Crippen LogP contribution is -1.90. The summed E-state index contributed by atoms with van der Waals surface area (Å²) < 4.78 is 5.95. The number of aliphatic imine (C=N–C) groups is 1. The van der Waals surface area contributed by atoms with Crippen LogP contribution < -0.4 is 0 Å². The van der Waals surface area contributed by atoms with Crippen molar-refractivity contribution in [3.8, 4) is 17.2 Å². The van der Waals surface area contributed by atoms with E-state index in [2.05, 4.69) is 16.0 Å². The molecule has 0 aliphatic rings. The zero-order valence-corrected chi connectivity index (χ0v) is 16.1. The second kappa shape index (κ2) is 7.38. The molecule has 31 heavy (non-hydrogen) atoms. The molecule has 0 amide bonds. The maximum atomic E-state index is 10.9. The van der Waals surface area contributed by atoms with Crippen molar-refractivity contribution in [3.63, 3.8) is 0 Å². The second-order valence-corrected chi connectivity index (χ2v) is 6.99. The van der Waals surface area contributed by atoms with Crippen LogP contribution >= 0.6 is 0 Å². The van der Waals surface area contributed by atoms with Gasteiger partial charge >= 0.3 is 0 Å². The number of hydrogen-bond donors (Lipinski definition) is 1. The lowest BCUT2D eigenvalue weighted by atomic mass is 10.1. The quantitative estimate of drug-likeness (QED) is 0.222. The summed E-state index contributed by atoms with van der Waals surface area (Å²) in [6, 6.07) is 23.2. The van der Waals surface area contributed by atoms with E-state index >= 15 is 0 Å². The van der Waals surface area contributed by atoms with Crippen LogP contribution in [0.15, 0.2) is 88.3 Å². The van der Waals surface area contributed by atoms with E-state index in [0.717, 1.165) is 16.3 Å². The van der Waals surface area contributed by atoms with Gasteiger partial charge in [0.1, 0.15) is 11.3 Å². The predicted molar refractivity (Wildman–Crippen MR) is 119 cm³/mol. The van der Waals surface area contributed by atoms with Gasteiger partial charge in [-0.15, -0.1) is 0 Å². The van der Waals surface area contributed by atoms with Crippen LogP contribution in [0.4, 0.5) is 11.4 Å². The van der Waals surface area contributed by atoms with Gasteiger partial charge in [0.15, 0.2) is 5.58 Å².